The van der Waals surface area contributed by atoms with Crippen LogP contribution in [0.15, 0.2) is 36.9 Å². The molecular formula is C15H20N2O3. The molecule has 0 aliphatic rings. The number of methoxy groups -OCH3 is 1. The van der Waals surface area contributed by atoms with Gasteiger partial charge < -0.3 is 15.4 Å². The van der Waals surface area contributed by atoms with Gasteiger partial charge in [-0.15, -0.1) is 6.58 Å². The first-order chi connectivity index (χ1) is 9.69. The molecule has 0 spiro atoms. The van der Waals surface area contributed by atoms with Gasteiger partial charge >= 0.3 is 0 Å². The first-order valence-corrected chi connectivity index (χ1v) is 6.45. The molecule has 0 aliphatic carbocycles. The van der Waals surface area contributed by atoms with Gasteiger partial charge in [-0.05, 0) is 24.6 Å². The van der Waals surface area contributed by atoms with Gasteiger partial charge in [-0.3, -0.25) is 9.59 Å². The minimum absolute atomic E-state index is 0.195. The largest absolute Gasteiger partial charge is 0.385 e. The Kier molecular flexibility index (Phi) is 7.06. The monoisotopic (exact) mass is 276 g/mol. The van der Waals surface area contributed by atoms with Gasteiger partial charge in [0.15, 0.2) is 0 Å². The average Bonchev–Trinajstić information content (AvgIpc) is 2.49. The van der Waals surface area contributed by atoms with Crippen molar-refractivity contribution in [3.8, 4) is 0 Å². The zero-order valence-electron chi connectivity index (χ0n) is 11.6. The van der Waals surface area contributed by atoms with Crippen molar-refractivity contribution in [2.24, 2.45) is 0 Å². The van der Waals surface area contributed by atoms with Gasteiger partial charge in [0, 0.05) is 37.9 Å². The van der Waals surface area contributed by atoms with Crippen LogP contribution in [0.1, 0.15) is 27.1 Å². The lowest BCUT2D eigenvalue weighted by atomic mass is 10.1. The summed E-state index contributed by atoms with van der Waals surface area (Å²) in [5, 5.41) is 5.45. The molecule has 0 heterocycles. The number of amides is 2. The summed E-state index contributed by atoms with van der Waals surface area (Å²) in [5.41, 5.74) is 0.921. The van der Waals surface area contributed by atoms with Gasteiger partial charge in [-0.1, -0.05) is 12.1 Å². The molecule has 0 aromatic heterocycles. The minimum atomic E-state index is -0.223. The van der Waals surface area contributed by atoms with Crippen LogP contribution in [-0.4, -0.2) is 38.6 Å². The summed E-state index contributed by atoms with van der Waals surface area (Å²) in [4.78, 5) is 23.7. The zero-order chi connectivity index (χ0) is 14.8. The van der Waals surface area contributed by atoms with Gasteiger partial charge in [-0.2, -0.15) is 0 Å². The van der Waals surface area contributed by atoms with Crippen LogP contribution in [0.2, 0.25) is 0 Å². The molecule has 20 heavy (non-hydrogen) atoms. The Morgan fingerprint density at radius 3 is 2.50 bits per heavy atom. The van der Waals surface area contributed by atoms with E-state index in [9.17, 15) is 9.59 Å². The van der Waals surface area contributed by atoms with Crippen LogP contribution in [-0.2, 0) is 4.74 Å². The molecule has 0 radical (unpaired) electrons. The molecular weight excluding hydrogens is 256 g/mol. The van der Waals surface area contributed by atoms with Crippen molar-refractivity contribution < 1.29 is 14.3 Å². The highest BCUT2D eigenvalue weighted by molar-refractivity contribution is 5.99. The summed E-state index contributed by atoms with van der Waals surface area (Å²) in [6.45, 7) is 5.07. The number of carbonyl (C=O) groups excluding carboxylic acids is 2. The second-order valence-electron chi connectivity index (χ2n) is 4.18. The lowest BCUT2D eigenvalue weighted by molar-refractivity contribution is 0.0948. The lowest BCUT2D eigenvalue weighted by Crippen LogP contribution is -2.26. The Hall–Kier alpha value is -2.14. The van der Waals surface area contributed by atoms with E-state index in [-0.39, 0.29) is 11.8 Å². The van der Waals surface area contributed by atoms with Crippen molar-refractivity contribution in [1.29, 1.82) is 0 Å². The van der Waals surface area contributed by atoms with Crippen LogP contribution in [0.25, 0.3) is 0 Å². The second kappa shape index (κ2) is 8.87. The Morgan fingerprint density at radius 2 is 1.90 bits per heavy atom. The predicted molar refractivity (Wildman–Crippen MR) is 77.8 cm³/mol. The van der Waals surface area contributed by atoms with Crippen molar-refractivity contribution in [3.05, 3.63) is 48.0 Å². The zero-order valence-corrected chi connectivity index (χ0v) is 11.6. The van der Waals surface area contributed by atoms with Gasteiger partial charge in [0.25, 0.3) is 11.8 Å². The molecule has 1 aromatic carbocycles. The Bertz CT molecular complexity index is 472. The van der Waals surface area contributed by atoms with Crippen LogP contribution in [0.5, 0.6) is 0 Å². The summed E-state index contributed by atoms with van der Waals surface area (Å²) >= 11 is 0. The van der Waals surface area contributed by atoms with Crippen LogP contribution in [0.3, 0.4) is 0 Å². The minimum Gasteiger partial charge on any atom is -0.385 e. The van der Waals surface area contributed by atoms with E-state index < -0.39 is 0 Å². The van der Waals surface area contributed by atoms with Gasteiger partial charge in [0.05, 0.1) is 0 Å². The van der Waals surface area contributed by atoms with Crippen molar-refractivity contribution in [2.75, 3.05) is 26.8 Å². The number of hydrogen-bond donors (Lipinski definition) is 2. The summed E-state index contributed by atoms with van der Waals surface area (Å²) in [6, 6.07) is 6.60. The van der Waals surface area contributed by atoms with E-state index in [2.05, 4.69) is 17.2 Å². The Balaban J connectivity index is 2.60. The highest BCUT2D eigenvalue weighted by atomic mass is 16.5. The van der Waals surface area contributed by atoms with E-state index in [1.165, 1.54) is 0 Å². The fraction of sp³-hybridized carbons (Fsp3) is 0.333. The normalized spacial score (nSPS) is 9.85. The Labute approximate surface area is 119 Å². The van der Waals surface area contributed by atoms with Crippen LogP contribution < -0.4 is 10.6 Å². The summed E-state index contributed by atoms with van der Waals surface area (Å²) < 4.78 is 4.91. The quantitative estimate of drug-likeness (QED) is 0.556. The fourth-order valence-electron chi connectivity index (χ4n) is 1.59. The van der Waals surface area contributed by atoms with E-state index in [4.69, 9.17) is 4.74 Å². The summed E-state index contributed by atoms with van der Waals surface area (Å²) in [7, 11) is 1.62. The smallest absolute Gasteiger partial charge is 0.251 e. The number of hydrogen-bond acceptors (Lipinski definition) is 3. The van der Waals surface area contributed by atoms with E-state index in [1.807, 2.05) is 0 Å². The van der Waals surface area contributed by atoms with E-state index >= 15 is 0 Å². The van der Waals surface area contributed by atoms with Gasteiger partial charge in [0.2, 0.25) is 0 Å². The van der Waals surface area contributed by atoms with Crippen LogP contribution in [0, 0.1) is 0 Å². The molecule has 2 amide bonds. The maximum atomic E-state index is 11.9. The van der Waals surface area contributed by atoms with Crippen molar-refractivity contribution in [1.82, 2.24) is 10.6 Å². The van der Waals surface area contributed by atoms with Crippen LogP contribution >= 0.6 is 0 Å². The molecule has 108 valence electrons. The number of benzene rings is 1. The molecule has 0 saturated heterocycles. The first-order valence-electron chi connectivity index (χ1n) is 6.45. The summed E-state index contributed by atoms with van der Waals surface area (Å²) in [6.07, 6.45) is 2.35. The number of nitrogens with one attached hydrogen (secondary N) is 2. The molecule has 0 fully saturated rings. The number of rotatable bonds is 8. The highest BCUT2D eigenvalue weighted by Crippen LogP contribution is 2.05. The standard InChI is InChI=1S/C15H20N2O3/c1-3-8-16-14(18)12-6-4-7-13(11-12)15(19)17-9-5-10-20-2/h3-4,6-7,11H,1,5,8-10H2,2H3,(H,16,18)(H,17,19). The molecule has 5 heteroatoms. The molecule has 0 bridgehead atoms. The van der Waals surface area contributed by atoms with Gasteiger partial charge in [0.1, 0.15) is 0 Å². The third-order valence-electron chi connectivity index (χ3n) is 2.60. The third kappa shape index (κ3) is 5.24. The second-order valence-corrected chi connectivity index (χ2v) is 4.18. The maximum absolute atomic E-state index is 11.9. The topological polar surface area (TPSA) is 67.4 Å². The van der Waals surface area contributed by atoms with Gasteiger partial charge in [-0.25, -0.2) is 0 Å². The first kappa shape index (κ1) is 15.9. The molecule has 0 unspecified atom stereocenters. The van der Waals surface area contributed by atoms with Crippen molar-refractivity contribution in [2.45, 2.75) is 6.42 Å². The SMILES string of the molecule is C=CCNC(=O)c1cccc(C(=O)NCCCOC)c1. The maximum Gasteiger partial charge on any atom is 0.251 e. The van der Waals surface area contributed by atoms with E-state index in [0.29, 0.717) is 30.8 Å². The molecule has 0 aliphatic heterocycles. The fourth-order valence-corrected chi connectivity index (χ4v) is 1.59. The molecule has 1 aromatic rings. The number of carbonyl (C=O) groups is 2. The third-order valence-corrected chi connectivity index (χ3v) is 2.60. The highest BCUT2D eigenvalue weighted by Gasteiger charge is 2.09. The predicted octanol–water partition coefficient (Wildman–Crippen LogP) is 1.37. The van der Waals surface area contributed by atoms with E-state index in [1.54, 1.807) is 37.5 Å². The summed E-state index contributed by atoms with van der Waals surface area (Å²) in [5.74, 6) is -0.418. The lowest BCUT2D eigenvalue weighted by Gasteiger charge is -2.07. The number of ether oxygens (including phenoxy) is 1. The van der Waals surface area contributed by atoms with Crippen LogP contribution in [0.4, 0.5) is 0 Å². The van der Waals surface area contributed by atoms with Crippen molar-refractivity contribution in [3.63, 3.8) is 0 Å². The van der Waals surface area contributed by atoms with E-state index in [0.717, 1.165) is 6.42 Å². The molecule has 5 nitrogen and oxygen atoms in total. The molecule has 1 rings (SSSR count). The molecule has 0 saturated carbocycles. The molecule has 0 atom stereocenters. The average molecular weight is 276 g/mol. The molecule has 2 N–H and O–H groups in total. The van der Waals surface area contributed by atoms with Crippen molar-refractivity contribution >= 4 is 11.8 Å². The Morgan fingerprint density at radius 1 is 1.25 bits per heavy atom.